The summed E-state index contributed by atoms with van der Waals surface area (Å²) in [5, 5.41) is 8.21. The zero-order chi connectivity index (χ0) is 15.8. The summed E-state index contributed by atoms with van der Waals surface area (Å²) in [5.41, 5.74) is 1.27. The average Bonchev–Trinajstić information content (AvgIpc) is 2.58. The summed E-state index contributed by atoms with van der Waals surface area (Å²) in [6.45, 7) is 4.00. The average molecular weight is 300 g/mol. The molecule has 6 heteroatoms. The monoisotopic (exact) mass is 300 g/mol. The van der Waals surface area contributed by atoms with Crippen molar-refractivity contribution in [3.05, 3.63) is 36.3 Å². The number of hydrogen-bond donors (Lipinski definition) is 0. The zero-order valence-corrected chi connectivity index (χ0v) is 13.6. The first kappa shape index (κ1) is 16.1. The van der Waals surface area contributed by atoms with Gasteiger partial charge in [-0.1, -0.05) is 13.3 Å². The normalized spacial score (nSPS) is 10.5. The van der Waals surface area contributed by atoms with Crippen LogP contribution < -0.4 is 9.80 Å². The highest BCUT2D eigenvalue weighted by atomic mass is 15.3. The fourth-order valence-electron chi connectivity index (χ4n) is 2.09. The Balaban J connectivity index is 1.96. The summed E-state index contributed by atoms with van der Waals surface area (Å²) in [7, 11) is 4.04. The molecule has 6 nitrogen and oxygen atoms in total. The van der Waals surface area contributed by atoms with E-state index in [4.69, 9.17) is 0 Å². The van der Waals surface area contributed by atoms with E-state index < -0.39 is 0 Å². The Bertz CT molecular complexity index is 560. The molecule has 0 atom stereocenters. The van der Waals surface area contributed by atoms with E-state index >= 15 is 0 Å². The molecule has 0 amide bonds. The Morgan fingerprint density at radius 2 is 1.82 bits per heavy atom. The van der Waals surface area contributed by atoms with Gasteiger partial charge in [0.1, 0.15) is 0 Å². The Kier molecular flexibility index (Phi) is 6.06. The van der Waals surface area contributed by atoms with Gasteiger partial charge in [-0.2, -0.15) is 10.1 Å². The molecule has 0 aliphatic carbocycles. The molecule has 2 aromatic rings. The summed E-state index contributed by atoms with van der Waals surface area (Å²) in [6, 6.07) is 4.08. The standard InChI is InChI=1S/C16H24N6/c1-4-5-11-22(3)16-19-15(13-18-20-16)21(2)12-8-14-6-9-17-10-7-14/h6-7,9-10,13H,4-5,8,11-12H2,1-3H3. The quantitative estimate of drug-likeness (QED) is 0.745. The molecule has 0 fully saturated rings. The number of likely N-dealkylation sites (N-methyl/N-ethyl adjacent to an activating group) is 1. The first-order valence-corrected chi connectivity index (χ1v) is 7.71. The number of rotatable bonds is 8. The molecule has 0 spiro atoms. The minimum atomic E-state index is 0.682. The van der Waals surface area contributed by atoms with Gasteiger partial charge in [-0.3, -0.25) is 4.98 Å². The van der Waals surface area contributed by atoms with E-state index in [0.29, 0.717) is 5.95 Å². The van der Waals surface area contributed by atoms with Gasteiger partial charge in [0, 0.05) is 39.6 Å². The summed E-state index contributed by atoms with van der Waals surface area (Å²) in [6.07, 6.45) is 8.59. The second-order valence-electron chi connectivity index (χ2n) is 5.42. The zero-order valence-electron chi connectivity index (χ0n) is 13.6. The maximum Gasteiger partial charge on any atom is 0.247 e. The first-order chi connectivity index (χ1) is 10.7. The van der Waals surface area contributed by atoms with Crippen molar-refractivity contribution in [3.8, 4) is 0 Å². The lowest BCUT2D eigenvalue weighted by Crippen LogP contribution is -2.25. The Morgan fingerprint density at radius 3 is 2.55 bits per heavy atom. The first-order valence-electron chi connectivity index (χ1n) is 7.71. The van der Waals surface area contributed by atoms with Gasteiger partial charge in [-0.05, 0) is 30.5 Å². The molecular formula is C16H24N6. The number of unbranched alkanes of at least 4 members (excludes halogenated alkanes) is 1. The van der Waals surface area contributed by atoms with Crippen LogP contribution in [0.1, 0.15) is 25.3 Å². The molecule has 118 valence electrons. The number of nitrogens with zero attached hydrogens (tertiary/aromatic N) is 6. The minimum absolute atomic E-state index is 0.682. The van der Waals surface area contributed by atoms with Gasteiger partial charge < -0.3 is 9.80 Å². The van der Waals surface area contributed by atoms with E-state index in [2.05, 4.69) is 36.9 Å². The Labute approximate surface area is 132 Å². The van der Waals surface area contributed by atoms with Crippen LogP contribution in [0.15, 0.2) is 30.7 Å². The van der Waals surface area contributed by atoms with Crippen LogP contribution in [0.3, 0.4) is 0 Å². The minimum Gasteiger partial charge on any atom is -0.358 e. The fraction of sp³-hybridized carbons (Fsp3) is 0.500. The van der Waals surface area contributed by atoms with Gasteiger partial charge in [0.15, 0.2) is 5.82 Å². The second kappa shape index (κ2) is 8.26. The van der Waals surface area contributed by atoms with Crippen molar-refractivity contribution in [2.24, 2.45) is 0 Å². The number of aromatic nitrogens is 4. The molecule has 0 N–H and O–H groups in total. The molecule has 0 aliphatic rings. The van der Waals surface area contributed by atoms with E-state index in [1.165, 1.54) is 5.56 Å². The van der Waals surface area contributed by atoms with Gasteiger partial charge >= 0.3 is 0 Å². The molecule has 0 radical (unpaired) electrons. The maximum absolute atomic E-state index is 4.60. The summed E-state index contributed by atoms with van der Waals surface area (Å²) < 4.78 is 0. The third-order valence-corrected chi connectivity index (χ3v) is 3.60. The highest BCUT2D eigenvalue weighted by Crippen LogP contribution is 2.12. The smallest absolute Gasteiger partial charge is 0.247 e. The van der Waals surface area contributed by atoms with E-state index in [1.807, 2.05) is 38.6 Å². The number of anilines is 2. The predicted molar refractivity (Wildman–Crippen MR) is 89.2 cm³/mol. The SMILES string of the molecule is CCCCN(C)c1nncc(N(C)CCc2ccncc2)n1. The molecule has 0 aliphatic heterocycles. The van der Waals surface area contributed by atoms with Gasteiger partial charge in [-0.15, -0.1) is 5.10 Å². The fourth-order valence-corrected chi connectivity index (χ4v) is 2.09. The van der Waals surface area contributed by atoms with Crippen molar-refractivity contribution >= 4 is 11.8 Å². The Hall–Kier alpha value is -2.24. The summed E-state index contributed by atoms with van der Waals surface area (Å²) in [5.74, 6) is 1.53. The van der Waals surface area contributed by atoms with E-state index in [9.17, 15) is 0 Å². The van der Waals surface area contributed by atoms with E-state index in [1.54, 1.807) is 6.20 Å². The van der Waals surface area contributed by atoms with Crippen LogP contribution >= 0.6 is 0 Å². The highest BCUT2D eigenvalue weighted by Gasteiger charge is 2.09. The molecule has 22 heavy (non-hydrogen) atoms. The van der Waals surface area contributed by atoms with Crippen LogP contribution in [0.4, 0.5) is 11.8 Å². The largest absolute Gasteiger partial charge is 0.358 e. The van der Waals surface area contributed by atoms with Crippen molar-refractivity contribution in [2.45, 2.75) is 26.2 Å². The van der Waals surface area contributed by atoms with Gasteiger partial charge in [-0.25, -0.2) is 0 Å². The van der Waals surface area contributed by atoms with Gasteiger partial charge in [0.25, 0.3) is 0 Å². The highest BCUT2D eigenvalue weighted by molar-refractivity contribution is 5.40. The Morgan fingerprint density at radius 1 is 1.05 bits per heavy atom. The van der Waals surface area contributed by atoms with E-state index in [0.717, 1.165) is 38.2 Å². The molecule has 2 rings (SSSR count). The summed E-state index contributed by atoms with van der Waals surface area (Å²) >= 11 is 0. The molecule has 0 saturated carbocycles. The summed E-state index contributed by atoms with van der Waals surface area (Å²) in [4.78, 5) is 12.8. The molecule has 2 heterocycles. The molecule has 0 aromatic carbocycles. The van der Waals surface area contributed by atoms with Crippen molar-refractivity contribution in [1.82, 2.24) is 20.2 Å². The lowest BCUT2D eigenvalue weighted by atomic mass is 10.2. The lowest BCUT2D eigenvalue weighted by molar-refractivity contribution is 0.736. The molecule has 0 bridgehead atoms. The van der Waals surface area contributed by atoms with Gasteiger partial charge in [0.05, 0.1) is 6.20 Å². The van der Waals surface area contributed by atoms with Crippen molar-refractivity contribution in [1.29, 1.82) is 0 Å². The van der Waals surface area contributed by atoms with Crippen LogP contribution in [-0.4, -0.2) is 47.4 Å². The van der Waals surface area contributed by atoms with Crippen LogP contribution in [0.2, 0.25) is 0 Å². The van der Waals surface area contributed by atoms with Crippen molar-refractivity contribution in [2.75, 3.05) is 37.0 Å². The number of hydrogen-bond acceptors (Lipinski definition) is 6. The van der Waals surface area contributed by atoms with Crippen LogP contribution in [0.25, 0.3) is 0 Å². The van der Waals surface area contributed by atoms with Crippen molar-refractivity contribution < 1.29 is 0 Å². The molecule has 2 aromatic heterocycles. The van der Waals surface area contributed by atoms with Gasteiger partial charge in [0.2, 0.25) is 5.95 Å². The maximum atomic E-state index is 4.60. The molecule has 0 saturated heterocycles. The molecule has 0 unspecified atom stereocenters. The number of pyridine rings is 1. The van der Waals surface area contributed by atoms with Crippen molar-refractivity contribution in [3.63, 3.8) is 0 Å². The second-order valence-corrected chi connectivity index (χ2v) is 5.42. The third-order valence-electron chi connectivity index (χ3n) is 3.60. The third kappa shape index (κ3) is 4.65. The van der Waals surface area contributed by atoms with Crippen LogP contribution in [0, 0.1) is 0 Å². The topological polar surface area (TPSA) is 58.0 Å². The molecular weight excluding hydrogens is 276 g/mol. The van der Waals surface area contributed by atoms with Crippen LogP contribution in [0.5, 0.6) is 0 Å². The van der Waals surface area contributed by atoms with Crippen LogP contribution in [-0.2, 0) is 6.42 Å². The van der Waals surface area contributed by atoms with E-state index in [-0.39, 0.29) is 0 Å². The lowest BCUT2D eigenvalue weighted by Gasteiger charge is -2.20. The predicted octanol–water partition coefficient (Wildman–Crippen LogP) is 2.18.